The van der Waals surface area contributed by atoms with Gasteiger partial charge in [0.1, 0.15) is 5.76 Å². The van der Waals surface area contributed by atoms with Crippen molar-refractivity contribution in [2.75, 3.05) is 19.6 Å². The van der Waals surface area contributed by atoms with Crippen LogP contribution in [0.25, 0.3) is 0 Å². The maximum absolute atomic E-state index is 13.2. The number of amides is 1. The Morgan fingerprint density at radius 2 is 1.69 bits per heavy atom. The highest BCUT2D eigenvalue weighted by Crippen LogP contribution is 2.23. The standard InChI is InChI=1S/C23H23N3O5S/c1-16-14-25(23(28)19-6-4-3-5-7-19)12-13-26(16)32(29,30)20-10-8-18(9-11-20)22(27)21-17(2)31-15-24-21/h3-11,15-16H,12-14H2,1-2H3. The van der Waals surface area contributed by atoms with E-state index < -0.39 is 10.0 Å². The summed E-state index contributed by atoms with van der Waals surface area (Å²) >= 11 is 0. The molecule has 0 bridgehead atoms. The van der Waals surface area contributed by atoms with Crippen molar-refractivity contribution in [3.63, 3.8) is 0 Å². The van der Waals surface area contributed by atoms with Crippen LogP contribution >= 0.6 is 0 Å². The van der Waals surface area contributed by atoms with Gasteiger partial charge in [0.2, 0.25) is 15.8 Å². The fourth-order valence-electron chi connectivity index (χ4n) is 3.82. The van der Waals surface area contributed by atoms with Gasteiger partial charge in [-0.1, -0.05) is 18.2 Å². The van der Waals surface area contributed by atoms with Crippen molar-refractivity contribution in [1.29, 1.82) is 0 Å². The minimum absolute atomic E-state index is 0.0978. The molecule has 0 aliphatic carbocycles. The Balaban J connectivity index is 1.48. The van der Waals surface area contributed by atoms with E-state index in [0.717, 1.165) is 0 Å². The summed E-state index contributed by atoms with van der Waals surface area (Å²) < 4.78 is 32.9. The Morgan fingerprint density at radius 1 is 1.00 bits per heavy atom. The molecule has 2 aromatic carbocycles. The first-order valence-corrected chi connectivity index (χ1v) is 11.6. The molecule has 9 heteroatoms. The molecule has 1 aromatic heterocycles. The highest BCUT2D eigenvalue weighted by molar-refractivity contribution is 7.89. The molecule has 0 spiro atoms. The van der Waals surface area contributed by atoms with Crippen LogP contribution in [0.4, 0.5) is 0 Å². The second-order valence-corrected chi connectivity index (χ2v) is 9.58. The quantitative estimate of drug-likeness (QED) is 0.551. The predicted molar refractivity (Wildman–Crippen MR) is 117 cm³/mol. The highest BCUT2D eigenvalue weighted by Gasteiger charge is 2.35. The van der Waals surface area contributed by atoms with Gasteiger partial charge >= 0.3 is 0 Å². The monoisotopic (exact) mass is 453 g/mol. The van der Waals surface area contributed by atoms with Crippen LogP contribution in [0.2, 0.25) is 0 Å². The van der Waals surface area contributed by atoms with Crippen LogP contribution in [0.3, 0.4) is 0 Å². The van der Waals surface area contributed by atoms with Gasteiger partial charge in [0.15, 0.2) is 12.1 Å². The number of nitrogens with zero attached hydrogens (tertiary/aromatic N) is 3. The maximum Gasteiger partial charge on any atom is 0.253 e. The molecule has 3 aromatic rings. The van der Waals surface area contributed by atoms with Gasteiger partial charge < -0.3 is 9.32 Å². The summed E-state index contributed by atoms with van der Waals surface area (Å²) in [4.78, 5) is 30.9. The molecule has 1 unspecified atom stereocenters. The zero-order valence-corrected chi connectivity index (χ0v) is 18.6. The van der Waals surface area contributed by atoms with E-state index in [4.69, 9.17) is 4.42 Å². The molecule has 32 heavy (non-hydrogen) atoms. The molecule has 8 nitrogen and oxygen atoms in total. The van der Waals surface area contributed by atoms with E-state index in [1.165, 1.54) is 35.0 Å². The third-order valence-corrected chi connectivity index (χ3v) is 7.59. The zero-order chi connectivity index (χ0) is 22.9. The van der Waals surface area contributed by atoms with Gasteiger partial charge in [0, 0.05) is 36.8 Å². The number of hydrogen-bond acceptors (Lipinski definition) is 6. The Bertz CT molecular complexity index is 1240. The lowest BCUT2D eigenvalue weighted by Crippen LogP contribution is -2.55. The SMILES string of the molecule is Cc1ocnc1C(=O)c1ccc(S(=O)(=O)N2CCN(C(=O)c3ccccc3)CC2C)cc1. The highest BCUT2D eigenvalue weighted by atomic mass is 32.2. The Morgan fingerprint density at radius 3 is 2.28 bits per heavy atom. The summed E-state index contributed by atoms with van der Waals surface area (Å²) in [5, 5.41) is 0. The van der Waals surface area contributed by atoms with Crippen LogP contribution in [0.5, 0.6) is 0 Å². The molecule has 1 fully saturated rings. The molecule has 4 rings (SSSR count). The van der Waals surface area contributed by atoms with Crippen molar-refractivity contribution in [3.05, 3.63) is 83.6 Å². The van der Waals surface area contributed by atoms with Crippen molar-refractivity contribution in [2.24, 2.45) is 0 Å². The Labute approximate surface area is 186 Å². The van der Waals surface area contributed by atoms with Gasteiger partial charge in [-0.15, -0.1) is 0 Å². The molecular formula is C23H23N3O5S. The number of oxazole rings is 1. The van der Waals surface area contributed by atoms with E-state index in [1.54, 1.807) is 43.0 Å². The van der Waals surface area contributed by atoms with E-state index in [9.17, 15) is 18.0 Å². The molecule has 1 aliphatic heterocycles. The third kappa shape index (κ3) is 4.09. The number of aryl methyl sites for hydroxylation is 1. The molecule has 0 saturated carbocycles. The van der Waals surface area contributed by atoms with E-state index in [2.05, 4.69) is 4.98 Å². The van der Waals surface area contributed by atoms with Gasteiger partial charge in [-0.3, -0.25) is 9.59 Å². The molecule has 2 heterocycles. The van der Waals surface area contributed by atoms with E-state index in [0.29, 0.717) is 30.0 Å². The number of carbonyl (C=O) groups is 2. The first-order chi connectivity index (χ1) is 15.3. The minimum atomic E-state index is -3.78. The molecule has 0 radical (unpaired) electrons. The second kappa shape index (κ2) is 8.68. The summed E-state index contributed by atoms with van der Waals surface area (Å²) in [6.45, 7) is 4.23. The van der Waals surface area contributed by atoms with Gasteiger partial charge in [-0.2, -0.15) is 4.31 Å². The van der Waals surface area contributed by atoms with Gasteiger partial charge in [-0.05, 0) is 50.2 Å². The average molecular weight is 454 g/mol. The normalized spacial score (nSPS) is 17.3. The first-order valence-electron chi connectivity index (χ1n) is 10.2. The van der Waals surface area contributed by atoms with Crippen LogP contribution in [-0.2, 0) is 10.0 Å². The Hall–Kier alpha value is -3.30. The van der Waals surface area contributed by atoms with Crippen molar-refractivity contribution >= 4 is 21.7 Å². The zero-order valence-electron chi connectivity index (χ0n) is 17.8. The lowest BCUT2D eigenvalue weighted by atomic mass is 10.1. The molecule has 1 amide bonds. The summed E-state index contributed by atoms with van der Waals surface area (Å²) in [5.41, 5.74) is 1.11. The Kier molecular flexibility index (Phi) is 5.94. The van der Waals surface area contributed by atoms with E-state index in [1.807, 2.05) is 6.07 Å². The van der Waals surface area contributed by atoms with Crippen LogP contribution in [-0.4, -0.2) is 60.0 Å². The van der Waals surface area contributed by atoms with Crippen molar-refractivity contribution in [2.45, 2.75) is 24.8 Å². The smallest absolute Gasteiger partial charge is 0.253 e. The number of aromatic nitrogens is 1. The molecule has 1 aliphatic rings. The molecular weight excluding hydrogens is 430 g/mol. The number of carbonyl (C=O) groups excluding carboxylic acids is 2. The van der Waals surface area contributed by atoms with Crippen LogP contribution in [0.15, 0.2) is 70.3 Å². The topological polar surface area (TPSA) is 101 Å². The minimum Gasteiger partial charge on any atom is -0.448 e. The average Bonchev–Trinajstić information content (AvgIpc) is 3.24. The van der Waals surface area contributed by atoms with Crippen LogP contribution in [0, 0.1) is 6.92 Å². The number of sulfonamides is 1. The van der Waals surface area contributed by atoms with E-state index >= 15 is 0 Å². The number of ketones is 1. The van der Waals surface area contributed by atoms with Gasteiger partial charge in [-0.25, -0.2) is 13.4 Å². The van der Waals surface area contributed by atoms with Crippen molar-refractivity contribution in [3.8, 4) is 0 Å². The number of hydrogen-bond donors (Lipinski definition) is 0. The summed E-state index contributed by atoms with van der Waals surface area (Å²) in [7, 11) is -3.78. The van der Waals surface area contributed by atoms with Crippen molar-refractivity contribution in [1.82, 2.24) is 14.2 Å². The first kappa shape index (κ1) is 21.9. The maximum atomic E-state index is 13.2. The second-order valence-electron chi connectivity index (χ2n) is 7.69. The van der Waals surface area contributed by atoms with E-state index in [-0.39, 0.29) is 34.9 Å². The summed E-state index contributed by atoms with van der Waals surface area (Å²) in [6.07, 6.45) is 1.20. The predicted octanol–water partition coefficient (Wildman–Crippen LogP) is 2.75. The number of benzene rings is 2. The molecule has 1 saturated heterocycles. The molecule has 1 atom stereocenters. The molecule has 0 N–H and O–H groups in total. The fraction of sp³-hybridized carbons (Fsp3) is 0.261. The molecule has 166 valence electrons. The summed E-state index contributed by atoms with van der Waals surface area (Å²) in [6, 6.07) is 14.4. The fourth-order valence-corrected chi connectivity index (χ4v) is 5.43. The summed E-state index contributed by atoms with van der Waals surface area (Å²) in [5.74, 6) is -0.0365. The number of piperazine rings is 1. The van der Waals surface area contributed by atoms with Crippen molar-refractivity contribution < 1.29 is 22.4 Å². The lowest BCUT2D eigenvalue weighted by molar-refractivity contribution is 0.0642. The van der Waals surface area contributed by atoms with Gasteiger partial charge in [0.25, 0.3) is 5.91 Å². The van der Waals surface area contributed by atoms with Gasteiger partial charge in [0.05, 0.1) is 4.90 Å². The largest absolute Gasteiger partial charge is 0.448 e. The number of rotatable bonds is 5. The third-order valence-electron chi connectivity index (χ3n) is 5.56. The van der Waals surface area contributed by atoms with Crippen LogP contribution in [0.1, 0.15) is 39.1 Å². The lowest BCUT2D eigenvalue weighted by Gasteiger charge is -2.39. The van der Waals surface area contributed by atoms with Crippen LogP contribution < -0.4 is 0 Å².